The topological polar surface area (TPSA) is 48.3 Å². The molecule has 0 aliphatic carbocycles. The van der Waals surface area contributed by atoms with Crippen LogP contribution < -0.4 is 14.8 Å². The highest BCUT2D eigenvalue weighted by molar-refractivity contribution is 5.76. The molecule has 1 heterocycles. The zero-order chi connectivity index (χ0) is 24.0. The minimum absolute atomic E-state index is 0.662. The molecule has 0 spiro atoms. The van der Waals surface area contributed by atoms with Crippen LogP contribution >= 0.6 is 0 Å². The number of aromatic nitrogens is 2. The van der Waals surface area contributed by atoms with Gasteiger partial charge < -0.3 is 14.8 Å². The molecule has 1 N–H and O–H groups in total. The third kappa shape index (κ3) is 4.89. The molecule has 0 unspecified atom stereocenters. The highest BCUT2D eigenvalue weighted by Gasteiger charge is 2.15. The first-order chi connectivity index (χ1) is 17.2. The van der Waals surface area contributed by atoms with Crippen LogP contribution in [0.1, 0.15) is 5.56 Å². The Morgan fingerprint density at radius 2 is 1.31 bits per heavy atom. The summed E-state index contributed by atoms with van der Waals surface area (Å²) in [5.74, 6) is 2.49. The van der Waals surface area contributed by atoms with E-state index in [1.807, 2.05) is 53.2 Å². The Morgan fingerprint density at radius 3 is 2.00 bits per heavy atom. The monoisotopic (exact) mass is 461 g/mol. The van der Waals surface area contributed by atoms with Crippen LogP contribution in [0.25, 0.3) is 28.1 Å². The second-order valence-electron chi connectivity index (χ2n) is 8.14. The first kappa shape index (κ1) is 22.3. The molecule has 0 fully saturated rings. The van der Waals surface area contributed by atoms with Gasteiger partial charge in [-0.2, -0.15) is 0 Å². The van der Waals surface area contributed by atoms with Crippen molar-refractivity contribution in [2.45, 2.75) is 6.54 Å². The number of rotatable bonds is 8. The molecule has 0 amide bonds. The van der Waals surface area contributed by atoms with Gasteiger partial charge in [0.05, 0.1) is 25.6 Å². The average Bonchev–Trinajstić information content (AvgIpc) is 3.37. The first-order valence-electron chi connectivity index (χ1n) is 11.5. The number of ether oxygens (including phenoxy) is 2. The molecule has 5 nitrogen and oxygen atoms in total. The largest absolute Gasteiger partial charge is 0.497 e. The Hall–Kier alpha value is -4.51. The summed E-state index contributed by atoms with van der Waals surface area (Å²) in [5.41, 5.74) is 6.47. The van der Waals surface area contributed by atoms with E-state index in [1.165, 1.54) is 0 Å². The van der Waals surface area contributed by atoms with Crippen LogP contribution in [0.5, 0.6) is 11.5 Å². The van der Waals surface area contributed by atoms with Crippen molar-refractivity contribution in [2.75, 3.05) is 19.5 Å². The molecule has 0 saturated heterocycles. The van der Waals surface area contributed by atoms with E-state index in [2.05, 4.69) is 66.0 Å². The molecule has 35 heavy (non-hydrogen) atoms. The van der Waals surface area contributed by atoms with Gasteiger partial charge in [-0.15, -0.1) is 5.10 Å². The highest BCUT2D eigenvalue weighted by Crippen LogP contribution is 2.33. The molecular formula is C30H27N3O2. The van der Waals surface area contributed by atoms with Crippen LogP contribution in [0.4, 0.5) is 5.82 Å². The van der Waals surface area contributed by atoms with Gasteiger partial charge in [-0.25, -0.2) is 4.68 Å². The Balaban J connectivity index is 1.53. The van der Waals surface area contributed by atoms with Crippen molar-refractivity contribution in [1.82, 2.24) is 9.78 Å². The molecule has 5 heteroatoms. The van der Waals surface area contributed by atoms with Crippen molar-refractivity contribution < 1.29 is 9.47 Å². The molecule has 174 valence electrons. The standard InChI is InChI=1S/C30H27N3O2/c1-34-25-16-12-22(13-17-25)21-31-30-20-29(24-8-4-3-5-9-24)33(32-30)28-11-7-6-10-27(28)23-14-18-26(35-2)19-15-23/h3-20H,21H2,1-2H3,(H,31,32). The predicted molar refractivity (Wildman–Crippen MR) is 141 cm³/mol. The Kier molecular flexibility index (Phi) is 6.48. The number of nitrogens with one attached hydrogen (secondary N) is 1. The zero-order valence-corrected chi connectivity index (χ0v) is 19.8. The van der Waals surface area contributed by atoms with E-state index < -0.39 is 0 Å². The highest BCUT2D eigenvalue weighted by atomic mass is 16.5. The van der Waals surface area contributed by atoms with Crippen molar-refractivity contribution >= 4 is 5.82 Å². The third-order valence-electron chi connectivity index (χ3n) is 5.94. The van der Waals surface area contributed by atoms with Crippen LogP contribution in [0.2, 0.25) is 0 Å². The van der Waals surface area contributed by atoms with Crippen molar-refractivity contribution in [2.24, 2.45) is 0 Å². The van der Waals surface area contributed by atoms with E-state index in [0.29, 0.717) is 6.54 Å². The minimum Gasteiger partial charge on any atom is -0.497 e. The number of benzene rings is 4. The van der Waals surface area contributed by atoms with Gasteiger partial charge in [0.1, 0.15) is 17.3 Å². The van der Waals surface area contributed by atoms with Gasteiger partial charge in [-0.1, -0.05) is 72.8 Å². The summed E-state index contributed by atoms with van der Waals surface area (Å²) in [4.78, 5) is 0. The number of para-hydroxylation sites is 1. The number of hydrogen-bond donors (Lipinski definition) is 1. The summed E-state index contributed by atoms with van der Waals surface area (Å²) in [7, 11) is 3.36. The van der Waals surface area contributed by atoms with Crippen molar-refractivity contribution in [3.05, 3.63) is 115 Å². The summed E-state index contributed by atoms with van der Waals surface area (Å²) in [6, 6.07) is 36.9. The van der Waals surface area contributed by atoms with Gasteiger partial charge in [0.25, 0.3) is 0 Å². The fraction of sp³-hybridized carbons (Fsp3) is 0.100. The molecule has 4 aromatic carbocycles. The summed E-state index contributed by atoms with van der Waals surface area (Å²) in [6.07, 6.45) is 0. The summed E-state index contributed by atoms with van der Waals surface area (Å²) < 4.78 is 12.6. The van der Waals surface area contributed by atoms with Gasteiger partial charge in [0.2, 0.25) is 0 Å². The van der Waals surface area contributed by atoms with Crippen LogP contribution in [-0.2, 0) is 6.54 Å². The van der Waals surface area contributed by atoms with Crippen molar-refractivity contribution in [3.63, 3.8) is 0 Å². The fourth-order valence-corrected chi connectivity index (χ4v) is 4.07. The lowest BCUT2D eigenvalue weighted by molar-refractivity contribution is 0.414. The van der Waals surface area contributed by atoms with E-state index >= 15 is 0 Å². The summed E-state index contributed by atoms with van der Waals surface area (Å²) in [5, 5.41) is 8.47. The second-order valence-corrected chi connectivity index (χ2v) is 8.14. The SMILES string of the molecule is COc1ccc(CNc2cc(-c3ccccc3)n(-c3ccccc3-c3ccc(OC)cc3)n2)cc1. The third-order valence-corrected chi connectivity index (χ3v) is 5.94. The van der Waals surface area contributed by atoms with Crippen LogP contribution in [0.3, 0.4) is 0 Å². The maximum Gasteiger partial charge on any atom is 0.149 e. The number of methoxy groups -OCH3 is 2. The van der Waals surface area contributed by atoms with E-state index in [9.17, 15) is 0 Å². The van der Waals surface area contributed by atoms with Crippen molar-refractivity contribution in [3.8, 4) is 39.6 Å². The number of anilines is 1. The second kappa shape index (κ2) is 10.2. The molecule has 0 radical (unpaired) electrons. The van der Waals surface area contributed by atoms with E-state index in [4.69, 9.17) is 14.6 Å². The van der Waals surface area contributed by atoms with Gasteiger partial charge in [-0.05, 0) is 41.5 Å². The molecule has 0 bridgehead atoms. The minimum atomic E-state index is 0.662. The molecule has 0 aliphatic heterocycles. The van der Waals surface area contributed by atoms with E-state index in [0.717, 1.165) is 51.0 Å². The van der Waals surface area contributed by atoms with Crippen LogP contribution in [-0.4, -0.2) is 24.0 Å². The first-order valence-corrected chi connectivity index (χ1v) is 11.5. The predicted octanol–water partition coefficient (Wildman–Crippen LogP) is 6.84. The maximum atomic E-state index is 5.34. The molecule has 1 aromatic heterocycles. The normalized spacial score (nSPS) is 10.7. The molecule has 5 aromatic rings. The average molecular weight is 462 g/mol. The quantitative estimate of drug-likeness (QED) is 0.275. The summed E-state index contributed by atoms with van der Waals surface area (Å²) >= 11 is 0. The number of nitrogens with zero attached hydrogens (tertiary/aromatic N) is 2. The fourth-order valence-electron chi connectivity index (χ4n) is 4.07. The van der Waals surface area contributed by atoms with E-state index in [-0.39, 0.29) is 0 Å². The smallest absolute Gasteiger partial charge is 0.149 e. The van der Waals surface area contributed by atoms with Gasteiger partial charge in [0.15, 0.2) is 0 Å². The molecule has 0 saturated carbocycles. The van der Waals surface area contributed by atoms with Gasteiger partial charge >= 0.3 is 0 Å². The Morgan fingerprint density at radius 1 is 0.686 bits per heavy atom. The Bertz CT molecular complexity index is 1390. The lowest BCUT2D eigenvalue weighted by atomic mass is 10.0. The molecule has 0 aliphatic rings. The zero-order valence-electron chi connectivity index (χ0n) is 19.8. The van der Waals surface area contributed by atoms with E-state index in [1.54, 1.807) is 14.2 Å². The van der Waals surface area contributed by atoms with Crippen LogP contribution in [0.15, 0.2) is 109 Å². The number of hydrogen-bond acceptors (Lipinski definition) is 4. The Labute approximate surface area is 205 Å². The lowest BCUT2D eigenvalue weighted by Gasteiger charge is -2.13. The van der Waals surface area contributed by atoms with Crippen molar-refractivity contribution in [1.29, 1.82) is 0 Å². The molecule has 5 rings (SSSR count). The summed E-state index contributed by atoms with van der Waals surface area (Å²) in [6.45, 7) is 0.662. The maximum absolute atomic E-state index is 5.34. The van der Waals surface area contributed by atoms with Crippen LogP contribution in [0, 0.1) is 0 Å². The molecule has 0 atom stereocenters. The van der Waals surface area contributed by atoms with Gasteiger partial charge in [0, 0.05) is 23.7 Å². The molecular weight excluding hydrogens is 434 g/mol. The van der Waals surface area contributed by atoms with Gasteiger partial charge in [-0.3, -0.25) is 0 Å². The lowest BCUT2D eigenvalue weighted by Crippen LogP contribution is -2.04.